The molecule has 3 atom stereocenters. The molecule has 0 saturated heterocycles. The lowest BCUT2D eigenvalue weighted by atomic mass is 9.87. The number of nitrogens with zero attached hydrogens (tertiary/aromatic N) is 1. The van der Waals surface area contributed by atoms with Crippen molar-refractivity contribution in [1.82, 2.24) is 9.29 Å². The number of hydrogen-bond acceptors (Lipinski definition) is 3. The second kappa shape index (κ2) is 9.65. The standard InChI is InChI=1S/C27H34N2O3S/c1-8-20(19-14-10-9-11-15-19)24(28-33(31)27(5,6)7)22-18-29(25(30)32-26(2,3)4)23-17-13-12-16-21(22)23/h8-18,20,24,28H,1H2,2-7H3/t20-,24-,33+/m0/s1. The topological polar surface area (TPSA) is 60.3 Å². The van der Waals surface area contributed by atoms with E-state index in [2.05, 4.69) is 11.3 Å². The average molecular weight is 467 g/mol. The first-order valence-electron chi connectivity index (χ1n) is 11.1. The molecule has 3 rings (SSSR count). The predicted octanol–water partition coefficient (Wildman–Crippen LogP) is 6.49. The zero-order chi connectivity index (χ0) is 24.4. The fourth-order valence-electron chi connectivity index (χ4n) is 3.68. The summed E-state index contributed by atoms with van der Waals surface area (Å²) in [7, 11) is -1.35. The van der Waals surface area contributed by atoms with E-state index in [1.807, 2.05) is 102 Å². The van der Waals surface area contributed by atoms with Crippen LogP contribution in [0.5, 0.6) is 0 Å². The molecule has 1 aromatic heterocycles. The molecule has 0 aliphatic carbocycles. The molecule has 6 heteroatoms. The molecule has 0 aliphatic heterocycles. The van der Waals surface area contributed by atoms with Gasteiger partial charge < -0.3 is 4.74 Å². The Kier molecular flexibility index (Phi) is 7.29. The molecule has 5 nitrogen and oxygen atoms in total. The molecule has 0 fully saturated rings. The number of carbonyl (C=O) groups is 1. The van der Waals surface area contributed by atoms with Gasteiger partial charge in [0, 0.05) is 17.5 Å². The summed E-state index contributed by atoms with van der Waals surface area (Å²) < 4.78 is 23.3. The SMILES string of the molecule is C=C[C@@H](c1ccccc1)[C@H](N[S@](=O)C(C)(C)C)c1cn(C(=O)OC(C)(C)C)c2ccccc12. The van der Waals surface area contributed by atoms with Gasteiger partial charge in [0.2, 0.25) is 0 Å². The molecule has 1 N–H and O–H groups in total. The van der Waals surface area contributed by atoms with Gasteiger partial charge in [0.05, 0.1) is 27.3 Å². The van der Waals surface area contributed by atoms with Crippen molar-refractivity contribution >= 4 is 28.0 Å². The zero-order valence-corrected chi connectivity index (χ0v) is 21.1. The number of ether oxygens (including phenoxy) is 1. The van der Waals surface area contributed by atoms with E-state index in [0.717, 1.165) is 22.0 Å². The Morgan fingerprint density at radius 1 is 1.03 bits per heavy atom. The van der Waals surface area contributed by atoms with Crippen LogP contribution in [0.3, 0.4) is 0 Å². The highest BCUT2D eigenvalue weighted by Gasteiger charge is 2.32. The monoisotopic (exact) mass is 466 g/mol. The summed E-state index contributed by atoms with van der Waals surface area (Å²) in [6, 6.07) is 17.3. The minimum absolute atomic E-state index is 0.171. The Morgan fingerprint density at radius 2 is 1.64 bits per heavy atom. The molecule has 1 heterocycles. The lowest BCUT2D eigenvalue weighted by molar-refractivity contribution is 0.0544. The maximum absolute atomic E-state index is 13.2. The van der Waals surface area contributed by atoms with Crippen molar-refractivity contribution in [2.75, 3.05) is 0 Å². The number of benzene rings is 2. The molecule has 3 aromatic rings. The van der Waals surface area contributed by atoms with Gasteiger partial charge in [-0.05, 0) is 58.7 Å². The Balaban J connectivity index is 2.19. The van der Waals surface area contributed by atoms with Crippen LogP contribution in [0.25, 0.3) is 10.9 Å². The maximum atomic E-state index is 13.2. The second-order valence-electron chi connectivity index (χ2n) is 10.1. The summed E-state index contributed by atoms with van der Waals surface area (Å²) in [5.74, 6) is -0.171. The van der Waals surface area contributed by atoms with Gasteiger partial charge in [-0.1, -0.05) is 54.6 Å². The Hall–Kier alpha value is -2.70. The van der Waals surface area contributed by atoms with Crippen LogP contribution in [0.2, 0.25) is 0 Å². The van der Waals surface area contributed by atoms with Crippen molar-refractivity contribution in [3.8, 4) is 0 Å². The fraction of sp³-hybridized carbons (Fsp3) is 0.370. The van der Waals surface area contributed by atoms with Crippen LogP contribution in [0.15, 0.2) is 73.4 Å². The van der Waals surface area contributed by atoms with Crippen molar-refractivity contribution in [3.63, 3.8) is 0 Å². The first-order valence-corrected chi connectivity index (χ1v) is 12.3. The van der Waals surface area contributed by atoms with Crippen LogP contribution < -0.4 is 4.72 Å². The van der Waals surface area contributed by atoms with Crippen LogP contribution >= 0.6 is 0 Å². The highest BCUT2D eigenvalue weighted by atomic mass is 32.2. The van der Waals surface area contributed by atoms with E-state index in [9.17, 15) is 9.00 Å². The largest absolute Gasteiger partial charge is 0.443 e. The number of hydrogen-bond donors (Lipinski definition) is 1. The zero-order valence-electron chi connectivity index (χ0n) is 20.3. The van der Waals surface area contributed by atoms with Crippen molar-refractivity contribution in [3.05, 3.63) is 84.6 Å². The smallest absolute Gasteiger partial charge is 0.419 e. The first-order chi connectivity index (χ1) is 15.4. The van der Waals surface area contributed by atoms with E-state index in [0.29, 0.717) is 0 Å². The van der Waals surface area contributed by atoms with E-state index >= 15 is 0 Å². The van der Waals surface area contributed by atoms with Gasteiger partial charge in [-0.2, -0.15) is 0 Å². The van der Waals surface area contributed by atoms with Gasteiger partial charge >= 0.3 is 6.09 Å². The molecule has 0 saturated carbocycles. The summed E-state index contributed by atoms with van der Waals surface area (Å²) >= 11 is 0. The molecule has 0 spiro atoms. The molecule has 176 valence electrons. The van der Waals surface area contributed by atoms with Gasteiger partial charge in [0.25, 0.3) is 0 Å². The van der Waals surface area contributed by atoms with Crippen LogP contribution in [-0.2, 0) is 15.7 Å². The third-order valence-corrected chi connectivity index (χ3v) is 6.84. The minimum Gasteiger partial charge on any atom is -0.443 e. The van der Waals surface area contributed by atoms with Gasteiger partial charge in [-0.3, -0.25) is 4.57 Å². The molecule has 33 heavy (non-hydrogen) atoms. The lowest BCUT2D eigenvalue weighted by Crippen LogP contribution is -2.37. The Labute approximate surface area is 199 Å². The molecule has 0 bridgehead atoms. The van der Waals surface area contributed by atoms with Crippen LogP contribution in [0, 0.1) is 0 Å². The van der Waals surface area contributed by atoms with E-state index in [1.165, 1.54) is 4.57 Å². The normalized spacial score (nSPS) is 15.1. The fourth-order valence-corrected chi connectivity index (χ4v) is 4.54. The summed E-state index contributed by atoms with van der Waals surface area (Å²) in [4.78, 5) is 13.0. The maximum Gasteiger partial charge on any atom is 0.419 e. The highest BCUT2D eigenvalue weighted by molar-refractivity contribution is 7.84. The number of nitrogens with one attached hydrogen (secondary N) is 1. The number of carbonyl (C=O) groups excluding carboxylic acids is 1. The summed E-state index contributed by atoms with van der Waals surface area (Å²) in [6.07, 6.45) is 3.22. The molecular weight excluding hydrogens is 432 g/mol. The summed E-state index contributed by atoms with van der Waals surface area (Å²) in [5, 5.41) is 0.898. The number of aromatic nitrogens is 1. The average Bonchev–Trinajstić information content (AvgIpc) is 3.12. The predicted molar refractivity (Wildman–Crippen MR) is 137 cm³/mol. The van der Waals surface area contributed by atoms with Crippen LogP contribution in [0.4, 0.5) is 4.79 Å². The first kappa shape index (κ1) is 24.9. The number of para-hydroxylation sites is 1. The van der Waals surface area contributed by atoms with Crippen molar-refractivity contribution in [1.29, 1.82) is 0 Å². The van der Waals surface area contributed by atoms with E-state index in [-0.39, 0.29) is 12.0 Å². The van der Waals surface area contributed by atoms with E-state index < -0.39 is 27.4 Å². The number of fused-ring (bicyclic) bond motifs is 1. The number of rotatable bonds is 6. The van der Waals surface area contributed by atoms with Crippen molar-refractivity contribution in [2.45, 2.75) is 63.9 Å². The van der Waals surface area contributed by atoms with Gasteiger partial charge in [0.15, 0.2) is 0 Å². The molecule has 0 radical (unpaired) electrons. The molecular formula is C27H34N2O3S. The van der Waals surface area contributed by atoms with Gasteiger partial charge in [-0.15, -0.1) is 6.58 Å². The molecule has 0 aliphatic rings. The lowest BCUT2D eigenvalue weighted by Gasteiger charge is -2.29. The highest BCUT2D eigenvalue weighted by Crippen LogP contribution is 2.38. The van der Waals surface area contributed by atoms with E-state index in [4.69, 9.17) is 4.74 Å². The van der Waals surface area contributed by atoms with Crippen molar-refractivity contribution in [2.24, 2.45) is 0 Å². The quantitative estimate of drug-likeness (QED) is 0.423. The van der Waals surface area contributed by atoms with Crippen molar-refractivity contribution < 1.29 is 13.7 Å². The van der Waals surface area contributed by atoms with Crippen LogP contribution in [-0.4, -0.2) is 25.2 Å². The Bertz CT molecular complexity index is 1150. The third kappa shape index (κ3) is 5.81. The second-order valence-corrected chi connectivity index (χ2v) is 12.1. The molecule has 0 amide bonds. The molecule has 0 unspecified atom stereocenters. The summed E-state index contributed by atoms with van der Waals surface area (Å²) in [5.41, 5.74) is 2.03. The third-order valence-electron chi connectivity index (χ3n) is 5.26. The van der Waals surface area contributed by atoms with Gasteiger partial charge in [0.1, 0.15) is 5.60 Å². The summed E-state index contributed by atoms with van der Waals surface area (Å²) in [6.45, 7) is 15.4. The Morgan fingerprint density at radius 3 is 2.21 bits per heavy atom. The molecule has 2 aromatic carbocycles. The van der Waals surface area contributed by atoms with Gasteiger partial charge in [-0.25, -0.2) is 13.7 Å². The van der Waals surface area contributed by atoms with Crippen LogP contribution in [0.1, 0.15) is 64.6 Å². The minimum atomic E-state index is -1.35. The van der Waals surface area contributed by atoms with E-state index in [1.54, 1.807) is 6.20 Å².